The van der Waals surface area contributed by atoms with Crippen molar-refractivity contribution in [2.45, 2.75) is 57.7 Å². The number of ether oxygens (including phenoxy) is 2. The molecule has 3 atom stereocenters. The average molecular weight is 561 g/mol. The van der Waals surface area contributed by atoms with Gasteiger partial charge in [0.25, 0.3) is 15.9 Å². The normalized spacial score (nSPS) is 20.9. The van der Waals surface area contributed by atoms with Crippen molar-refractivity contribution in [3.05, 3.63) is 53.6 Å². The summed E-state index contributed by atoms with van der Waals surface area (Å²) in [4.78, 5) is 29.9. The van der Waals surface area contributed by atoms with Crippen molar-refractivity contribution in [1.29, 1.82) is 0 Å². The number of methoxy groups -OCH3 is 1. The Kier molecular flexibility index (Phi) is 9.84. The highest BCUT2D eigenvalue weighted by atomic mass is 32.2. The van der Waals surface area contributed by atoms with Gasteiger partial charge < -0.3 is 24.6 Å². The lowest BCUT2D eigenvalue weighted by atomic mass is 10.0. The Morgan fingerprint density at radius 1 is 1.10 bits per heavy atom. The van der Waals surface area contributed by atoms with Gasteiger partial charge in [0.15, 0.2) is 0 Å². The third-order valence-corrected chi connectivity index (χ3v) is 8.10. The summed E-state index contributed by atoms with van der Waals surface area (Å²) in [5, 5.41) is 2.95. The second kappa shape index (κ2) is 12.7. The van der Waals surface area contributed by atoms with Gasteiger partial charge in [-0.2, -0.15) is 0 Å². The van der Waals surface area contributed by atoms with E-state index in [4.69, 9.17) is 9.47 Å². The van der Waals surface area contributed by atoms with Gasteiger partial charge in [0.2, 0.25) is 0 Å². The lowest BCUT2D eigenvalue weighted by molar-refractivity contribution is 0.0165. The van der Waals surface area contributed by atoms with Crippen LogP contribution in [0.15, 0.2) is 47.4 Å². The highest BCUT2D eigenvalue weighted by Crippen LogP contribution is 2.28. The van der Waals surface area contributed by atoms with Gasteiger partial charge in [-0.1, -0.05) is 24.6 Å². The van der Waals surface area contributed by atoms with Crippen molar-refractivity contribution in [2.24, 2.45) is 5.92 Å². The number of nitrogens with one attached hydrogen (secondary N) is 2. The van der Waals surface area contributed by atoms with Gasteiger partial charge in [0, 0.05) is 45.3 Å². The molecule has 0 fully saturated rings. The molecule has 1 heterocycles. The number of benzene rings is 2. The minimum absolute atomic E-state index is 0.0471. The molecule has 11 heteroatoms. The van der Waals surface area contributed by atoms with E-state index in [0.29, 0.717) is 13.1 Å². The van der Waals surface area contributed by atoms with Crippen LogP contribution in [0, 0.1) is 12.8 Å². The van der Waals surface area contributed by atoms with Crippen LogP contribution in [0.3, 0.4) is 0 Å². The zero-order valence-electron chi connectivity index (χ0n) is 23.7. The molecular weight excluding hydrogens is 520 g/mol. The van der Waals surface area contributed by atoms with E-state index in [0.717, 1.165) is 5.56 Å². The summed E-state index contributed by atoms with van der Waals surface area (Å²) in [6.45, 7) is 10.3. The second-order valence-electron chi connectivity index (χ2n) is 10.5. The number of sulfonamides is 1. The predicted octanol–water partition coefficient (Wildman–Crippen LogP) is 3.72. The number of urea groups is 1. The first kappa shape index (κ1) is 30.2. The van der Waals surface area contributed by atoms with Crippen molar-refractivity contribution in [3.8, 4) is 5.75 Å². The zero-order chi connectivity index (χ0) is 28.9. The lowest BCUT2D eigenvalue weighted by Crippen LogP contribution is -2.52. The van der Waals surface area contributed by atoms with Crippen molar-refractivity contribution in [3.63, 3.8) is 0 Å². The number of rotatable bonds is 5. The van der Waals surface area contributed by atoms with E-state index in [1.807, 2.05) is 34.6 Å². The summed E-state index contributed by atoms with van der Waals surface area (Å²) in [7, 11) is -0.588. The van der Waals surface area contributed by atoms with Crippen LogP contribution in [-0.2, 0) is 14.8 Å². The Balaban J connectivity index is 1.97. The molecule has 1 aliphatic rings. The van der Waals surface area contributed by atoms with Crippen LogP contribution in [0.5, 0.6) is 5.75 Å². The summed E-state index contributed by atoms with van der Waals surface area (Å²) in [6.07, 6.45) is -0.315. The molecule has 0 saturated heterocycles. The third-order valence-electron chi connectivity index (χ3n) is 6.70. The maximum atomic E-state index is 13.4. The fourth-order valence-electron chi connectivity index (χ4n) is 4.38. The van der Waals surface area contributed by atoms with E-state index >= 15 is 0 Å². The molecule has 0 unspecified atom stereocenters. The molecule has 0 radical (unpaired) electrons. The molecule has 2 N–H and O–H groups in total. The van der Waals surface area contributed by atoms with E-state index < -0.39 is 10.0 Å². The molecule has 0 saturated carbocycles. The van der Waals surface area contributed by atoms with Crippen LogP contribution in [0.25, 0.3) is 0 Å². The number of nitrogens with zero attached hydrogens (tertiary/aromatic N) is 2. The first-order chi connectivity index (χ1) is 18.3. The topological polar surface area (TPSA) is 117 Å². The molecular formula is C28H40N4O6S. The number of hydrogen-bond donors (Lipinski definition) is 2. The quantitative estimate of drug-likeness (QED) is 0.576. The molecule has 2 aromatic rings. The number of likely N-dealkylation sites (N-methyl/N-ethyl adjacent to an activating group) is 1. The average Bonchev–Trinajstić information content (AvgIpc) is 2.87. The molecule has 39 heavy (non-hydrogen) atoms. The minimum Gasteiger partial charge on any atom is -0.491 e. The summed E-state index contributed by atoms with van der Waals surface area (Å²) < 4.78 is 40.3. The van der Waals surface area contributed by atoms with Crippen LogP contribution < -0.4 is 14.8 Å². The maximum Gasteiger partial charge on any atom is 0.317 e. The largest absolute Gasteiger partial charge is 0.491 e. The number of hydrogen-bond acceptors (Lipinski definition) is 6. The minimum atomic E-state index is -3.86. The van der Waals surface area contributed by atoms with E-state index in [9.17, 15) is 18.0 Å². The predicted molar refractivity (Wildman–Crippen MR) is 151 cm³/mol. The third kappa shape index (κ3) is 7.63. The molecule has 3 amide bonds. The Morgan fingerprint density at radius 3 is 2.38 bits per heavy atom. The molecule has 3 rings (SSSR count). The smallest absolute Gasteiger partial charge is 0.317 e. The van der Waals surface area contributed by atoms with Gasteiger partial charge in [-0.3, -0.25) is 9.52 Å². The van der Waals surface area contributed by atoms with Crippen molar-refractivity contribution in [1.82, 2.24) is 15.1 Å². The number of anilines is 1. The second-order valence-corrected chi connectivity index (χ2v) is 12.2. The zero-order valence-corrected chi connectivity index (χ0v) is 24.5. The van der Waals surface area contributed by atoms with Gasteiger partial charge in [0.1, 0.15) is 12.4 Å². The Morgan fingerprint density at radius 2 is 1.77 bits per heavy atom. The highest BCUT2D eigenvalue weighted by Gasteiger charge is 2.30. The fraction of sp³-hybridized carbons (Fsp3) is 0.500. The van der Waals surface area contributed by atoms with E-state index in [1.54, 1.807) is 42.2 Å². The molecule has 0 aromatic heterocycles. The number of carbonyl (C=O) groups excluding carboxylic acids is 2. The van der Waals surface area contributed by atoms with Gasteiger partial charge in [-0.15, -0.1) is 0 Å². The lowest BCUT2D eigenvalue weighted by Gasteiger charge is -2.36. The van der Waals surface area contributed by atoms with Crippen molar-refractivity contribution >= 4 is 27.6 Å². The number of amides is 3. The molecule has 0 aliphatic carbocycles. The van der Waals surface area contributed by atoms with Crippen molar-refractivity contribution in [2.75, 3.05) is 38.6 Å². The van der Waals surface area contributed by atoms with Crippen LogP contribution in [0.1, 0.15) is 43.6 Å². The van der Waals surface area contributed by atoms with Crippen LogP contribution in [-0.4, -0.2) is 82.2 Å². The molecule has 0 bridgehead atoms. The van der Waals surface area contributed by atoms with Crippen LogP contribution in [0.4, 0.5) is 10.5 Å². The van der Waals surface area contributed by atoms with Crippen molar-refractivity contribution < 1.29 is 27.5 Å². The SMILES string of the molecule is CO[C@H]1CN(C)C(=O)c2ccc(NS(=O)(=O)c3ccc(C)cc3)cc2OC[C@H](C)N(C(=O)NC(C)C)C[C@@H]1C. The molecule has 1 aliphatic heterocycles. The monoisotopic (exact) mass is 560 g/mol. The molecule has 214 valence electrons. The van der Waals surface area contributed by atoms with Crippen LogP contribution >= 0.6 is 0 Å². The van der Waals surface area contributed by atoms with Gasteiger partial charge >= 0.3 is 6.03 Å². The Hall–Kier alpha value is -3.31. The number of fused-ring (bicyclic) bond motifs is 1. The van der Waals surface area contributed by atoms with Gasteiger partial charge in [0.05, 0.1) is 28.3 Å². The first-order valence-corrected chi connectivity index (χ1v) is 14.5. The summed E-state index contributed by atoms with van der Waals surface area (Å²) in [6, 6.07) is 10.5. The fourth-order valence-corrected chi connectivity index (χ4v) is 5.43. The van der Waals surface area contributed by atoms with Gasteiger partial charge in [-0.25, -0.2) is 13.2 Å². The molecule has 10 nitrogen and oxygen atoms in total. The van der Waals surface area contributed by atoms with E-state index in [-0.39, 0.29) is 64.5 Å². The molecule has 0 spiro atoms. The standard InChI is InChI=1S/C28H40N4O6S/c1-18(2)29-28(34)32-15-20(4)26(37-7)16-31(6)27(33)24-13-10-22(14-25(24)38-17-21(32)5)30-39(35,36)23-11-8-19(3)9-12-23/h8-14,18,20-21,26,30H,15-17H2,1-7H3,(H,29,34)/t20-,21-,26-/m0/s1. The first-order valence-electron chi connectivity index (χ1n) is 13.0. The number of aryl methyl sites for hydroxylation is 1. The summed E-state index contributed by atoms with van der Waals surface area (Å²) >= 11 is 0. The highest BCUT2D eigenvalue weighted by molar-refractivity contribution is 7.92. The number of carbonyl (C=O) groups is 2. The van der Waals surface area contributed by atoms with E-state index in [2.05, 4.69) is 10.0 Å². The van der Waals surface area contributed by atoms with Crippen LogP contribution in [0.2, 0.25) is 0 Å². The Labute approximate surface area is 231 Å². The summed E-state index contributed by atoms with van der Waals surface area (Å²) in [5.41, 5.74) is 1.48. The maximum absolute atomic E-state index is 13.4. The Bertz CT molecular complexity index is 1270. The molecule has 2 aromatic carbocycles. The summed E-state index contributed by atoms with van der Waals surface area (Å²) in [5.74, 6) is -0.132. The van der Waals surface area contributed by atoms with E-state index in [1.165, 1.54) is 24.3 Å². The van der Waals surface area contributed by atoms with Gasteiger partial charge in [-0.05, 0) is 52.0 Å².